The summed E-state index contributed by atoms with van der Waals surface area (Å²) in [6.45, 7) is 3.72. The number of fused-ring (bicyclic) bond motifs is 1. The van der Waals surface area contributed by atoms with E-state index in [9.17, 15) is 0 Å². The van der Waals surface area contributed by atoms with Gasteiger partial charge in [-0.1, -0.05) is 46.9 Å². The van der Waals surface area contributed by atoms with Gasteiger partial charge in [-0.15, -0.1) is 0 Å². The minimum atomic E-state index is 0.380. The molecule has 0 amide bonds. The highest BCUT2D eigenvalue weighted by Gasteiger charge is 2.18. The SMILES string of the molecule is Cc1nn2c(Cl)c(C)c(Cl)nc2c1-c1cccc(Cl)c1. The standard InChI is InChI=1S/C14H10Cl3N3/c1-7-12(16)18-14-11(8(2)19-20(14)13(7)17)9-4-3-5-10(15)6-9/h3-6H,1-2H3. The van der Waals surface area contributed by atoms with Crippen LogP contribution in [0.5, 0.6) is 0 Å². The fourth-order valence-electron chi connectivity index (χ4n) is 2.16. The molecule has 0 aliphatic carbocycles. The Labute approximate surface area is 131 Å². The first-order valence-electron chi connectivity index (χ1n) is 5.96. The molecular weight excluding hydrogens is 317 g/mol. The molecule has 0 unspecified atom stereocenters. The van der Waals surface area contributed by atoms with E-state index in [1.807, 2.05) is 38.1 Å². The molecule has 0 radical (unpaired) electrons. The smallest absolute Gasteiger partial charge is 0.166 e. The van der Waals surface area contributed by atoms with Crippen molar-refractivity contribution in [2.75, 3.05) is 0 Å². The molecule has 102 valence electrons. The number of hydrogen-bond acceptors (Lipinski definition) is 2. The molecule has 0 fully saturated rings. The Morgan fingerprint density at radius 1 is 1.10 bits per heavy atom. The van der Waals surface area contributed by atoms with Crippen molar-refractivity contribution in [3.8, 4) is 11.1 Å². The number of nitrogens with zero attached hydrogens (tertiary/aromatic N) is 3. The van der Waals surface area contributed by atoms with Crippen LogP contribution < -0.4 is 0 Å². The third-order valence-corrected chi connectivity index (χ3v) is 4.20. The van der Waals surface area contributed by atoms with E-state index in [0.717, 1.165) is 16.8 Å². The summed E-state index contributed by atoms with van der Waals surface area (Å²) in [6.07, 6.45) is 0. The zero-order valence-electron chi connectivity index (χ0n) is 10.8. The number of hydrogen-bond donors (Lipinski definition) is 0. The molecule has 6 heteroatoms. The molecule has 1 aromatic carbocycles. The highest BCUT2D eigenvalue weighted by atomic mass is 35.5. The molecule has 0 atom stereocenters. The summed E-state index contributed by atoms with van der Waals surface area (Å²) in [5, 5.41) is 5.95. The minimum Gasteiger partial charge on any atom is -0.216 e. The van der Waals surface area contributed by atoms with Crippen molar-refractivity contribution in [1.29, 1.82) is 0 Å². The normalized spacial score (nSPS) is 11.2. The lowest BCUT2D eigenvalue weighted by Gasteiger charge is -2.05. The lowest BCUT2D eigenvalue weighted by Crippen LogP contribution is -1.96. The Morgan fingerprint density at radius 2 is 1.85 bits per heavy atom. The first-order valence-corrected chi connectivity index (χ1v) is 7.09. The van der Waals surface area contributed by atoms with Crippen molar-refractivity contribution >= 4 is 40.4 Å². The molecule has 0 N–H and O–H groups in total. The molecule has 2 aromatic heterocycles. The monoisotopic (exact) mass is 325 g/mol. The van der Waals surface area contributed by atoms with Gasteiger partial charge >= 0.3 is 0 Å². The first kappa shape index (κ1) is 13.7. The quantitative estimate of drug-likeness (QED) is 0.591. The largest absolute Gasteiger partial charge is 0.216 e. The molecule has 0 saturated heterocycles. The van der Waals surface area contributed by atoms with E-state index in [1.165, 1.54) is 0 Å². The van der Waals surface area contributed by atoms with Gasteiger partial charge in [-0.3, -0.25) is 0 Å². The minimum absolute atomic E-state index is 0.380. The van der Waals surface area contributed by atoms with Gasteiger partial charge in [0.15, 0.2) is 5.65 Å². The zero-order valence-corrected chi connectivity index (χ0v) is 13.1. The summed E-state index contributed by atoms with van der Waals surface area (Å²) in [5.41, 5.74) is 3.99. The van der Waals surface area contributed by atoms with E-state index in [1.54, 1.807) is 4.52 Å². The average molecular weight is 327 g/mol. The predicted molar refractivity (Wildman–Crippen MR) is 82.9 cm³/mol. The second kappa shape index (κ2) is 4.92. The summed E-state index contributed by atoms with van der Waals surface area (Å²) >= 11 is 18.5. The zero-order chi connectivity index (χ0) is 14.4. The van der Waals surface area contributed by atoms with Crippen LogP contribution >= 0.6 is 34.8 Å². The van der Waals surface area contributed by atoms with E-state index >= 15 is 0 Å². The van der Waals surface area contributed by atoms with Crippen LogP contribution in [0.15, 0.2) is 24.3 Å². The number of halogens is 3. The van der Waals surface area contributed by atoms with Gasteiger partial charge in [0.1, 0.15) is 10.3 Å². The van der Waals surface area contributed by atoms with Crippen LogP contribution in [0.3, 0.4) is 0 Å². The molecule has 0 aliphatic rings. The van der Waals surface area contributed by atoms with E-state index in [0.29, 0.717) is 26.5 Å². The van der Waals surface area contributed by atoms with Crippen LogP contribution in [0.1, 0.15) is 11.3 Å². The van der Waals surface area contributed by atoms with Crippen LogP contribution in [-0.2, 0) is 0 Å². The van der Waals surface area contributed by atoms with Gasteiger partial charge in [-0.25, -0.2) is 9.50 Å². The Balaban J connectivity index is 2.40. The topological polar surface area (TPSA) is 30.2 Å². The van der Waals surface area contributed by atoms with Crippen LogP contribution in [0, 0.1) is 13.8 Å². The van der Waals surface area contributed by atoms with E-state index in [-0.39, 0.29) is 0 Å². The highest BCUT2D eigenvalue weighted by Crippen LogP contribution is 2.32. The second-order valence-electron chi connectivity index (χ2n) is 4.52. The van der Waals surface area contributed by atoms with Crippen molar-refractivity contribution < 1.29 is 0 Å². The summed E-state index contributed by atoms with van der Waals surface area (Å²) < 4.78 is 1.61. The summed E-state index contributed by atoms with van der Waals surface area (Å²) in [5.74, 6) is 0. The van der Waals surface area contributed by atoms with Gasteiger partial charge in [0, 0.05) is 16.1 Å². The maximum atomic E-state index is 6.29. The number of aromatic nitrogens is 3. The fraction of sp³-hybridized carbons (Fsp3) is 0.143. The molecule has 0 aliphatic heterocycles. The Hall–Kier alpha value is -1.29. The molecule has 20 heavy (non-hydrogen) atoms. The van der Waals surface area contributed by atoms with E-state index in [4.69, 9.17) is 34.8 Å². The second-order valence-corrected chi connectivity index (χ2v) is 5.68. The highest BCUT2D eigenvalue weighted by molar-refractivity contribution is 6.35. The van der Waals surface area contributed by atoms with Gasteiger partial charge in [0.2, 0.25) is 0 Å². The van der Waals surface area contributed by atoms with Crippen molar-refractivity contribution in [3.63, 3.8) is 0 Å². The molecule has 2 heterocycles. The van der Waals surface area contributed by atoms with Gasteiger partial charge in [-0.2, -0.15) is 5.10 Å². The number of aryl methyl sites for hydroxylation is 1. The van der Waals surface area contributed by atoms with Crippen LogP contribution in [0.2, 0.25) is 15.3 Å². The van der Waals surface area contributed by atoms with E-state index in [2.05, 4.69) is 10.1 Å². The predicted octanol–water partition coefficient (Wildman–Crippen LogP) is 4.97. The molecule has 3 rings (SSSR count). The Bertz CT molecular complexity index is 824. The molecular formula is C14H10Cl3N3. The summed E-state index contributed by atoms with van der Waals surface area (Å²) in [4.78, 5) is 4.40. The summed E-state index contributed by atoms with van der Waals surface area (Å²) in [6, 6.07) is 7.54. The van der Waals surface area contributed by atoms with Gasteiger partial charge in [0.25, 0.3) is 0 Å². The van der Waals surface area contributed by atoms with Crippen LogP contribution in [0.25, 0.3) is 16.8 Å². The molecule has 0 spiro atoms. The number of benzene rings is 1. The molecule has 3 aromatic rings. The van der Waals surface area contributed by atoms with Gasteiger partial charge < -0.3 is 0 Å². The van der Waals surface area contributed by atoms with Crippen molar-refractivity contribution in [3.05, 3.63) is 50.9 Å². The van der Waals surface area contributed by atoms with Gasteiger partial charge in [-0.05, 0) is 31.5 Å². The molecule has 3 nitrogen and oxygen atoms in total. The lowest BCUT2D eigenvalue weighted by atomic mass is 10.1. The lowest BCUT2D eigenvalue weighted by molar-refractivity contribution is 0.908. The third-order valence-electron chi connectivity index (χ3n) is 3.16. The van der Waals surface area contributed by atoms with E-state index < -0.39 is 0 Å². The van der Waals surface area contributed by atoms with Gasteiger partial charge in [0.05, 0.1) is 5.69 Å². The summed E-state index contributed by atoms with van der Waals surface area (Å²) in [7, 11) is 0. The van der Waals surface area contributed by atoms with Crippen molar-refractivity contribution in [2.24, 2.45) is 0 Å². The van der Waals surface area contributed by atoms with Crippen LogP contribution in [-0.4, -0.2) is 14.6 Å². The molecule has 0 bridgehead atoms. The maximum absolute atomic E-state index is 6.29. The van der Waals surface area contributed by atoms with Crippen molar-refractivity contribution in [2.45, 2.75) is 13.8 Å². The fourth-order valence-corrected chi connectivity index (χ4v) is 2.77. The Morgan fingerprint density at radius 3 is 2.55 bits per heavy atom. The Kier molecular flexibility index (Phi) is 3.36. The third kappa shape index (κ3) is 2.06. The number of rotatable bonds is 1. The molecule has 0 saturated carbocycles. The van der Waals surface area contributed by atoms with Crippen LogP contribution in [0.4, 0.5) is 0 Å². The maximum Gasteiger partial charge on any atom is 0.166 e. The first-order chi connectivity index (χ1) is 9.49. The average Bonchev–Trinajstić information content (AvgIpc) is 2.73. The van der Waals surface area contributed by atoms with Crippen molar-refractivity contribution in [1.82, 2.24) is 14.6 Å².